The van der Waals surface area contributed by atoms with E-state index in [1.807, 2.05) is 24.0 Å². The van der Waals surface area contributed by atoms with Crippen LogP contribution in [0.2, 0.25) is 0 Å². The maximum Gasteiger partial charge on any atom is 0.295 e. The maximum atomic E-state index is 13.6. The first-order chi connectivity index (χ1) is 24.5. The highest BCUT2D eigenvalue weighted by Crippen LogP contribution is 2.35. The summed E-state index contributed by atoms with van der Waals surface area (Å²) in [4.78, 5) is 1.07. The average Bonchev–Trinajstić information content (AvgIpc) is 3.11. The van der Waals surface area contributed by atoms with E-state index in [0.29, 0.717) is 41.1 Å². The number of hydrogen-bond acceptors (Lipinski definition) is 8. The highest BCUT2D eigenvalue weighted by atomic mass is 32.2. The van der Waals surface area contributed by atoms with Gasteiger partial charge in [-0.2, -0.15) is 25.3 Å². The molecule has 5 rings (SSSR count). The molecule has 1 unspecified atom stereocenters. The fraction of sp³-hybridized carbons (Fsp3) is 0.162. The third kappa shape index (κ3) is 8.82. The molecule has 0 saturated heterocycles. The molecular weight excluding hydrogens is 729 g/mol. The van der Waals surface area contributed by atoms with E-state index in [9.17, 15) is 44.0 Å². The van der Waals surface area contributed by atoms with Gasteiger partial charge >= 0.3 is 0 Å². The van der Waals surface area contributed by atoms with Crippen LogP contribution in [0.1, 0.15) is 42.3 Å². The molecule has 4 aromatic carbocycles. The normalized spacial score (nSPS) is 14.0. The van der Waals surface area contributed by atoms with Crippen molar-refractivity contribution in [2.45, 2.75) is 41.3 Å². The summed E-state index contributed by atoms with van der Waals surface area (Å²) in [6.07, 6.45) is 5.26. The second-order valence-electron chi connectivity index (χ2n) is 11.8. The largest absolute Gasteiger partial charge is 0.794 e. The molecule has 0 radical (unpaired) electrons. The van der Waals surface area contributed by atoms with Crippen molar-refractivity contribution < 1.29 is 48.6 Å². The fourth-order valence-electron chi connectivity index (χ4n) is 5.94. The Morgan fingerprint density at radius 2 is 1.31 bits per heavy atom. The van der Waals surface area contributed by atoms with Crippen molar-refractivity contribution >= 4 is 47.3 Å². The second kappa shape index (κ2) is 15.5. The van der Waals surface area contributed by atoms with Gasteiger partial charge in [0.1, 0.15) is 17.7 Å². The van der Waals surface area contributed by atoms with E-state index in [1.54, 1.807) is 67.6 Å². The van der Waals surface area contributed by atoms with Crippen LogP contribution in [0.4, 0.5) is 5.69 Å². The van der Waals surface area contributed by atoms with E-state index in [4.69, 9.17) is 0 Å². The fourth-order valence-corrected chi connectivity index (χ4v) is 7.72. The lowest BCUT2D eigenvalue weighted by atomic mass is 9.90. The molecule has 0 aromatic heterocycles. The van der Waals surface area contributed by atoms with Gasteiger partial charge in [0, 0.05) is 42.1 Å². The quantitative estimate of drug-likeness (QED) is 0.101. The standard InChI is InChI=1S/C37H36N2O10S3/c1-3-38(25-26-9-7-11-32(23-26)50(41,42)43)30-19-15-27(16-20-30)36(34-13-5-6-14-35(34)52(47,48)49)28-17-21-31(22-18-28)39(4-2)37(40)29-10-8-12-33(24-29)51(44,45)46/h5-24,37H,3-4,25H2,1-2H3,(H,41,42,43)(H,44,45,46)(H,47,48,49). The van der Waals surface area contributed by atoms with Crippen molar-refractivity contribution in [3.05, 3.63) is 149 Å². The van der Waals surface area contributed by atoms with E-state index < -0.39 is 41.5 Å². The Labute approximate surface area is 303 Å². The number of nitrogens with zero attached hydrogens (tertiary/aromatic N) is 2. The number of benzene rings is 4. The third-order valence-corrected chi connectivity index (χ3v) is 11.1. The predicted octanol–water partition coefficient (Wildman–Crippen LogP) is 4.91. The second-order valence-corrected chi connectivity index (χ2v) is 16.0. The van der Waals surface area contributed by atoms with Crippen molar-refractivity contribution in [1.82, 2.24) is 0 Å². The summed E-state index contributed by atoms with van der Waals surface area (Å²) in [5.74, 6) is 0. The first kappa shape index (κ1) is 38.5. The lowest BCUT2D eigenvalue weighted by molar-refractivity contribution is -0.735. The van der Waals surface area contributed by atoms with Crippen molar-refractivity contribution in [2.75, 3.05) is 18.0 Å². The zero-order chi connectivity index (χ0) is 37.8. The molecule has 0 amide bonds. The Kier molecular flexibility index (Phi) is 11.5. The summed E-state index contributed by atoms with van der Waals surface area (Å²) in [6.45, 7) is 4.82. The van der Waals surface area contributed by atoms with Crippen molar-refractivity contribution in [2.24, 2.45) is 0 Å². The summed E-state index contributed by atoms with van der Waals surface area (Å²) in [6, 6.07) is 24.5. The Morgan fingerprint density at radius 1 is 0.712 bits per heavy atom. The summed E-state index contributed by atoms with van der Waals surface area (Å²) in [7, 11) is -13.5. The molecule has 0 bridgehead atoms. The van der Waals surface area contributed by atoms with E-state index in [-0.39, 0.29) is 27.5 Å². The molecule has 52 heavy (non-hydrogen) atoms. The molecule has 0 heterocycles. The molecule has 1 atom stereocenters. The molecule has 3 N–H and O–H groups in total. The van der Waals surface area contributed by atoms with Crippen LogP contribution in [0.5, 0.6) is 0 Å². The summed E-state index contributed by atoms with van der Waals surface area (Å²) < 4.78 is 102. The van der Waals surface area contributed by atoms with Crippen molar-refractivity contribution in [1.29, 1.82) is 0 Å². The first-order valence-corrected chi connectivity index (χ1v) is 20.3. The lowest BCUT2D eigenvalue weighted by Crippen LogP contribution is -2.33. The van der Waals surface area contributed by atoms with Gasteiger partial charge in [-0.05, 0) is 90.7 Å². The van der Waals surface area contributed by atoms with Crippen LogP contribution in [0, 0.1) is 0 Å². The molecule has 0 saturated carbocycles. The topological polar surface area (TPSA) is 192 Å². The van der Waals surface area contributed by atoms with Crippen LogP contribution in [0.25, 0.3) is 5.57 Å². The van der Waals surface area contributed by atoms with Crippen LogP contribution >= 0.6 is 0 Å². The Balaban J connectivity index is 1.56. The van der Waals surface area contributed by atoms with Gasteiger partial charge in [-0.1, -0.05) is 54.6 Å². The molecule has 4 aromatic rings. The minimum atomic E-state index is -4.65. The molecule has 12 nitrogen and oxygen atoms in total. The van der Waals surface area contributed by atoms with Crippen LogP contribution in [-0.2, 0) is 36.9 Å². The van der Waals surface area contributed by atoms with Crippen LogP contribution in [-0.4, -0.2) is 62.3 Å². The van der Waals surface area contributed by atoms with Gasteiger partial charge in [-0.15, -0.1) is 0 Å². The van der Waals surface area contributed by atoms with Crippen molar-refractivity contribution in [3.8, 4) is 0 Å². The van der Waals surface area contributed by atoms with Gasteiger partial charge in [-0.25, -0.2) is 4.58 Å². The van der Waals surface area contributed by atoms with E-state index in [2.05, 4.69) is 0 Å². The zero-order valence-corrected chi connectivity index (χ0v) is 30.5. The lowest BCUT2D eigenvalue weighted by Gasteiger charge is -2.24. The first-order valence-electron chi connectivity index (χ1n) is 16.0. The number of hydrogen-bond donors (Lipinski definition) is 3. The monoisotopic (exact) mass is 764 g/mol. The van der Waals surface area contributed by atoms with Crippen molar-refractivity contribution in [3.63, 3.8) is 0 Å². The highest BCUT2D eigenvalue weighted by Gasteiger charge is 2.23. The predicted molar refractivity (Wildman–Crippen MR) is 195 cm³/mol. The van der Waals surface area contributed by atoms with E-state index >= 15 is 0 Å². The highest BCUT2D eigenvalue weighted by molar-refractivity contribution is 7.86. The zero-order valence-electron chi connectivity index (χ0n) is 28.1. The molecular formula is C37H36N2O10S3. The SMILES string of the molecule is CCN(Cc1cccc(S(=O)(=O)O)c1)c1ccc(C(=C2C=CC(=[N+](CC)C([O-])c3cccc(S(=O)(=O)O)c3)C=C2)c2ccccc2S(=O)(=O)O)cc1. The number of allylic oxidation sites excluding steroid dienone is 5. The van der Waals surface area contributed by atoms with Gasteiger partial charge in [-0.3, -0.25) is 13.7 Å². The number of rotatable bonds is 12. The van der Waals surface area contributed by atoms with Gasteiger partial charge < -0.3 is 10.0 Å². The smallest absolute Gasteiger partial charge is 0.295 e. The third-order valence-electron chi connectivity index (χ3n) is 8.46. The number of anilines is 1. The minimum Gasteiger partial charge on any atom is -0.794 e. The Hall–Kier alpha value is -4.74. The van der Waals surface area contributed by atoms with Gasteiger partial charge in [0.15, 0.2) is 5.71 Å². The van der Waals surface area contributed by atoms with Crippen LogP contribution in [0.15, 0.2) is 142 Å². The van der Waals surface area contributed by atoms with Gasteiger partial charge in [0.25, 0.3) is 30.4 Å². The molecule has 1 aliphatic carbocycles. The maximum absolute atomic E-state index is 13.6. The molecule has 272 valence electrons. The molecule has 0 fully saturated rings. The van der Waals surface area contributed by atoms with Gasteiger partial charge in [0.2, 0.25) is 0 Å². The molecule has 1 aliphatic rings. The summed E-state index contributed by atoms with van der Waals surface area (Å²) >= 11 is 0. The molecule has 0 spiro atoms. The van der Waals surface area contributed by atoms with Crippen LogP contribution < -0.4 is 10.0 Å². The Morgan fingerprint density at radius 3 is 1.88 bits per heavy atom. The summed E-state index contributed by atoms with van der Waals surface area (Å²) in [5.41, 5.74) is 3.93. The van der Waals surface area contributed by atoms with Crippen LogP contribution in [0.3, 0.4) is 0 Å². The Bertz CT molecular complexity index is 2430. The summed E-state index contributed by atoms with van der Waals surface area (Å²) in [5, 5.41) is 13.6. The molecule has 0 aliphatic heterocycles. The molecule has 15 heteroatoms. The van der Waals surface area contributed by atoms with E-state index in [0.717, 1.165) is 11.8 Å². The van der Waals surface area contributed by atoms with Gasteiger partial charge in [0.05, 0.1) is 9.79 Å². The minimum absolute atomic E-state index is 0.128. The average molecular weight is 765 g/mol. The van der Waals surface area contributed by atoms with E-state index in [1.165, 1.54) is 47.0 Å².